The van der Waals surface area contributed by atoms with Crippen LogP contribution in [0.5, 0.6) is 0 Å². The summed E-state index contributed by atoms with van der Waals surface area (Å²) in [7, 11) is 2.00. The standard InChI is InChI=1S/C25H39N5O3/c1-20(3-6-25(33)27-19-32)28(2)17-23-15-24(5-4-22(23)18-31)30-13-11-29(12-14-30)16-21-7-9-26-10-8-21/h4-5,15,18-21,26H,3,6-14,16-17H2,1-2H3,(H,27,32,33). The van der Waals surface area contributed by atoms with Gasteiger partial charge in [0.15, 0.2) is 0 Å². The summed E-state index contributed by atoms with van der Waals surface area (Å²) in [4.78, 5) is 40.8. The van der Waals surface area contributed by atoms with Crippen LogP contribution in [0.4, 0.5) is 5.69 Å². The van der Waals surface area contributed by atoms with Crippen molar-refractivity contribution in [3.63, 3.8) is 0 Å². The second kappa shape index (κ2) is 12.8. The normalized spacial score (nSPS) is 18.8. The number of piperazine rings is 1. The molecule has 0 bridgehead atoms. The predicted molar refractivity (Wildman–Crippen MR) is 130 cm³/mol. The average Bonchev–Trinajstić information content (AvgIpc) is 2.84. The molecular weight excluding hydrogens is 418 g/mol. The summed E-state index contributed by atoms with van der Waals surface area (Å²) < 4.78 is 0. The fourth-order valence-electron chi connectivity index (χ4n) is 4.78. The van der Waals surface area contributed by atoms with Crippen LogP contribution in [0.15, 0.2) is 18.2 Å². The van der Waals surface area contributed by atoms with Gasteiger partial charge >= 0.3 is 0 Å². The van der Waals surface area contributed by atoms with Crippen LogP contribution < -0.4 is 15.5 Å². The van der Waals surface area contributed by atoms with E-state index in [1.54, 1.807) is 0 Å². The van der Waals surface area contributed by atoms with Gasteiger partial charge in [0.05, 0.1) is 0 Å². The number of carbonyl (C=O) groups excluding carboxylic acids is 3. The molecule has 3 rings (SSSR count). The van der Waals surface area contributed by atoms with Crippen molar-refractivity contribution in [3.05, 3.63) is 29.3 Å². The van der Waals surface area contributed by atoms with Crippen LogP contribution in [0.2, 0.25) is 0 Å². The number of anilines is 1. The van der Waals surface area contributed by atoms with Gasteiger partial charge in [0.2, 0.25) is 12.3 Å². The summed E-state index contributed by atoms with van der Waals surface area (Å²) in [6.45, 7) is 10.4. The molecule has 2 heterocycles. The minimum atomic E-state index is -0.264. The van der Waals surface area contributed by atoms with E-state index in [0.717, 1.165) is 57.0 Å². The van der Waals surface area contributed by atoms with Crippen molar-refractivity contribution in [2.45, 2.75) is 45.2 Å². The molecule has 1 aromatic rings. The van der Waals surface area contributed by atoms with E-state index < -0.39 is 0 Å². The maximum absolute atomic E-state index is 11.7. The Morgan fingerprint density at radius 3 is 2.61 bits per heavy atom. The lowest BCUT2D eigenvalue weighted by Crippen LogP contribution is -2.48. The van der Waals surface area contributed by atoms with Crippen molar-refractivity contribution in [3.8, 4) is 0 Å². The number of piperidine rings is 1. The predicted octanol–water partition coefficient (Wildman–Crippen LogP) is 1.49. The molecule has 0 spiro atoms. The Kier molecular flexibility index (Phi) is 9.84. The van der Waals surface area contributed by atoms with Crippen molar-refractivity contribution in [1.29, 1.82) is 0 Å². The Labute approximate surface area is 197 Å². The van der Waals surface area contributed by atoms with E-state index in [1.165, 1.54) is 25.1 Å². The number of rotatable bonds is 11. The summed E-state index contributed by atoms with van der Waals surface area (Å²) in [5.74, 6) is 0.554. The first-order chi connectivity index (χ1) is 16.0. The number of imide groups is 1. The topological polar surface area (TPSA) is 85.0 Å². The number of amides is 2. The third-order valence-corrected chi connectivity index (χ3v) is 7.15. The largest absolute Gasteiger partial charge is 0.369 e. The van der Waals surface area contributed by atoms with Gasteiger partial charge in [0.25, 0.3) is 0 Å². The van der Waals surface area contributed by atoms with Crippen molar-refractivity contribution in [2.75, 3.05) is 57.8 Å². The van der Waals surface area contributed by atoms with E-state index in [0.29, 0.717) is 31.4 Å². The summed E-state index contributed by atoms with van der Waals surface area (Å²) in [5.41, 5.74) is 2.89. The molecule has 1 unspecified atom stereocenters. The van der Waals surface area contributed by atoms with E-state index >= 15 is 0 Å². The maximum atomic E-state index is 11.7. The molecule has 2 fully saturated rings. The second-order valence-corrected chi connectivity index (χ2v) is 9.47. The van der Waals surface area contributed by atoms with Gasteiger partial charge in [-0.1, -0.05) is 0 Å². The molecule has 1 aromatic carbocycles. The SMILES string of the molecule is CC(CCC(=O)NC=O)N(C)Cc1cc(N2CCN(CC3CCNCC3)CC2)ccc1C=O. The Hall–Kier alpha value is -2.29. The molecule has 182 valence electrons. The maximum Gasteiger partial charge on any atom is 0.226 e. The molecule has 2 aliphatic heterocycles. The first-order valence-electron chi connectivity index (χ1n) is 12.2. The minimum Gasteiger partial charge on any atom is -0.369 e. The lowest BCUT2D eigenvalue weighted by molar-refractivity contribution is -0.125. The lowest BCUT2D eigenvalue weighted by atomic mass is 9.97. The molecule has 8 nitrogen and oxygen atoms in total. The Bertz CT molecular complexity index is 788. The summed E-state index contributed by atoms with van der Waals surface area (Å²) in [6, 6.07) is 6.27. The zero-order valence-electron chi connectivity index (χ0n) is 20.1. The third-order valence-electron chi connectivity index (χ3n) is 7.15. The number of hydrogen-bond donors (Lipinski definition) is 2. The second-order valence-electron chi connectivity index (χ2n) is 9.47. The van der Waals surface area contributed by atoms with Crippen molar-refractivity contribution in [1.82, 2.24) is 20.4 Å². The molecule has 0 radical (unpaired) electrons. The Morgan fingerprint density at radius 2 is 1.94 bits per heavy atom. The molecule has 1 atom stereocenters. The summed E-state index contributed by atoms with van der Waals surface area (Å²) in [6.07, 6.45) is 4.85. The molecule has 2 aliphatic rings. The Morgan fingerprint density at radius 1 is 1.21 bits per heavy atom. The zero-order valence-corrected chi connectivity index (χ0v) is 20.1. The lowest BCUT2D eigenvalue weighted by Gasteiger charge is -2.38. The number of carbonyl (C=O) groups is 3. The molecule has 8 heteroatoms. The van der Waals surface area contributed by atoms with Gasteiger partial charge in [-0.25, -0.2) is 0 Å². The van der Waals surface area contributed by atoms with E-state index in [1.807, 2.05) is 13.1 Å². The number of nitrogens with one attached hydrogen (secondary N) is 2. The Balaban J connectivity index is 1.55. The number of nitrogens with zero attached hydrogens (tertiary/aromatic N) is 3. The summed E-state index contributed by atoms with van der Waals surface area (Å²) >= 11 is 0. The summed E-state index contributed by atoms with van der Waals surface area (Å²) in [5, 5.41) is 5.63. The monoisotopic (exact) mass is 457 g/mol. The van der Waals surface area contributed by atoms with Crippen LogP contribution in [0, 0.1) is 5.92 Å². The fraction of sp³-hybridized carbons (Fsp3) is 0.640. The highest BCUT2D eigenvalue weighted by Crippen LogP contribution is 2.23. The smallest absolute Gasteiger partial charge is 0.226 e. The van der Waals surface area contributed by atoms with Crippen LogP contribution in [0.25, 0.3) is 0 Å². The molecule has 0 aromatic heterocycles. The highest BCUT2D eigenvalue weighted by molar-refractivity contribution is 5.85. The molecule has 33 heavy (non-hydrogen) atoms. The molecule has 2 saturated heterocycles. The first-order valence-corrected chi connectivity index (χ1v) is 12.2. The van der Waals surface area contributed by atoms with Crippen molar-refractivity contribution < 1.29 is 14.4 Å². The van der Waals surface area contributed by atoms with Crippen molar-refractivity contribution in [2.24, 2.45) is 5.92 Å². The van der Waals surface area contributed by atoms with Crippen LogP contribution in [0.3, 0.4) is 0 Å². The minimum absolute atomic E-state index is 0.143. The first kappa shape index (κ1) is 25.3. The third kappa shape index (κ3) is 7.62. The number of aldehydes is 1. The number of hydrogen-bond acceptors (Lipinski definition) is 7. The van der Waals surface area contributed by atoms with E-state index in [-0.39, 0.29) is 11.9 Å². The fourth-order valence-corrected chi connectivity index (χ4v) is 4.78. The zero-order chi connectivity index (χ0) is 23.6. The van der Waals surface area contributed by atoms with Crippen LogP contribution in [-0.4, -0.2) is 87.3 Å². The van der Waals surface area contributed by atoms with E-state index in [9.17, 15) is 14.4 Å². The quantitative estimate of drug-likeness (QED) is 0.487. The van der Waals surface area contributed by atoms with Crippen molar-refractivity contribution >= 4 is 24.3 Å². The number of benzene rings is 1. The highest BCUT2D eigenvalue weighted by atomic mass is 16.2. The van der Waals surface area contributed by atoms with Crippen LogP contribution in [0.1, 0.15) is 48.5 Å². The van der Waals surface area contributed by atoms with Gasteiger partial charge in [0.1, 0.15) is 6.29 Å². The molecule has 0 aliphatic carbocycles. The van der Waals surface area contributed by atoms with Gasteiger partial charge in [0, 0.05) is 63.0 Å². The van der Waals surface area contributed by atoms with Gasteiger partial charge in [-0.15, -0.1) is 0 Å². The molecule has 2 amide bonds. The van der Waals surface area contributed by atoms with Gasteiger partial charge in [-0.3, -0.25) is 29.5 Å². The highest BCUT2D eigenvalue weighted by Gasteiger charge is 2.22. The average molecular weight is 458 g/mol. The van der Waals surface area contributed by atoms with E-state index in [4.69, 9.17) is 0 Å². The van der Waals surface area contributed by atoms with Gasteiger partial charge < -0.3 is 10.2 Å². The molecule has 0 saturated carbocycles. The van der Waals surface area contributed by atoms with Crippen LogP contribution >= 0.6 is 0 Å². The molecular formula is C25H39N5O3. The molecule has 2 N–H and O–H groups in total. The van der Waals surface area contributed by atoms with Gasteiger partial charge in [-0.2, -0.15) is 0 Å². The van der Waals surface area contributed by atoms with Gasteiger partial charge in [-0.05, 0) is 76.0 Å². The van der Waals surface area contributed by atoms with E-state index in [2.05, 4.69) is 44.4 Å². The van der Waals surface area contributed by atoms with Crippen LogP contribution in [-0.2, 0) is 16.1 Å².